The molecule has 1 atom stereocenters. The molecule has 1 unspecified atom stereocenters. The Labute approximate surface area is 117 Å². The molecule has 0 aliphatic heterocycles. The van der Waals surface area contributed by atoms with Crippen molar-refractivity contribution in [3.8, 4) is 0 Å². The maximum absolute atomic E-state index is 10.9. The average molecular weight is 317 g/mol. The Balaban J connectivity index is 4.37. The van der Waals surface area contributed by atoms with Crippen LogP contribution in [0.1, 0.15) is 27.2 Å². The fourth-order valence-corrected chi connectivity index (χ4v) is 3.20. The fourth-order valence-electron chi connectivity index (χ4n) is 1.09. The number of rotatable bonds is 7. The Hall–Kier alpha value is 0.377. The van der Waals surface area contributed by atoms with Crippen molar-refractivity contribution in [2.45, 2.75) is 51.4 Å². The van der Waals surface area contributed by atoms with E-state index < -0.39 is 18.4 Å². The van der Waals surface area contributed by atoms with Crippen LogP contribution in [0.25, 0.3) is 0 Å². The Kier molecular flexibility index (Phi) is 6.84. The molecule has 7 heteroatoms. The van der Waals surface area contributed by atoms with E-state index in [1.807, 2.05) is 0 Å². The lowest BCUT2D eigenvalue weighted by atomic mass is 10.2. The van der Waals surface area contributed by atoms with Gasteiger partial charge in [-0.15, -0.1) is 11.6 Å². The highest BCUT2D eigenvalue weighted by molar-refractivity contribution is 7.85. The molecular formula is C11H25ClO4SSi. The van der Waals surface area contributed by atoms with Gasteiger partial charge in [0.15, 0.2) is 8.32 Å². The summed E-state index contributed by atoms with van der Waals surface area (Å²) in [6.07, 6.45) is 1.37. The molecule has 4 nitrogen and oxygen atoms in total. The van der Waals surface area contributed by atoms with E-state index in [1.54, 1.807) is 0 Å². The molecule has 0 spiro atoms. The second kappa shape index (κ2) is 6.70. The third kappa shape index (κ3) is 7.09. The fraction of sp³-hybridized carbons (Fsp3) is 1.00. The largest absolute Gasteiger partial charge is 0.413 e. The number of halogens is 1. The van der Waals surface area contributed by atoms with Crippen LogP contribution >= 0.6 is 11.6 Å². The zero-order chi connectivity index (χ0) is 14.6. The van der Waals surface area contributed by atoms with Crippen molar-refractivity contribution < 1.29 is 17.0 Å². The first-order chi connectivity index (χ1) is 7.89. The third-order valence-electron chi connectivity index (χ3n) is 3.18. The van der Waals surface area contributed by atoms with Crippen molar-refractivity contribution in [2.24, 2.45) is 0 Å². The van der Waals surface area contributed by atoms with Crippen LogP contribution in [0.4, 0.5) is 0 Å². The second-order valence-electron chi connectivity index (χ2n) is 5.97. The molecule has 0 aliphatic rings. The van der Waals surface area contributed by atoms with Crippen molar-refractivity contribution >= 4 is 30.0 Å². The normalized spacial score (nSPS) is 15.7. The molecule has 0 aromatic carbocycles. The van der Waals surface area contributed by atoms with Gasteiger partial charge >= 0.3 is 0 Å². The molecule has 0 radical (unpaired) electrons. The monoisotopic (exact) mass is 316 g/mol. The van der Waals surface area contributed by atoms with Crippen LogP contribution in [0.3, 0.4) is 0 Å². The van der Waals surface area contributed by atoms with E-state index in [0.717, 1.165) is 6.26 Å². The van der Waals surface area contributed by atoms with Gasteiger partial charge in [0.25, 0.3) is 10.1 Å². The molecule has 0 bridgehead atoms. The molecular weight excluding hydrogens is 292 g/mol. The summed E-state index contributed by atoms with van der Waals surface area (Å²) < 4.78 is 32.5. The summed E-state index contributed by atoms with van der Waals surface area (Å²) >= 11 is 5.87. The summed E-state index contributed by atoms with van der Waals surface area (Å²) in [5, 5.41) is 0.106. The van der Waals surface area contributed by atoms with E-state index in [9.17, 15) is 8.42 Å². The van der Waals surface area contributed by atoms with Gasteiger partial charge in [0.2, 0.25) is 0 Å². The minimum Gasteiger partial charge on any atom is -0.413 e. The summed E-state index contributed by atoms with van der Waals surface area (Å²) in [4.78, 5) is 0. The molecule has 0 saturated carbocycles. The minimum absolute atomic E-state index is 0.106. The van der Waals surface area contributed by atoms with Crippen LogP contribution in [-0.2, 0) is 18.7 Å². The van der Waals surface area contributed by atoms with Gasteiger partial charge in [0.1, 0.15) is 0 Å². The van der Waals surface area contributed by atoms with Gasteiger partial charge in [0, 0.05) is 5.88 Å². The minimum atomic E-state index is -3.39. The van der Waals surface area contributed by atoms with Gasteiger partial charge in [-0.2, -0.15) is 8.42 Å². The zero-order valence-electron chi connectivity index (χ0n) is 12.1. The maximum atomic E-state index is 10.9. The molecule has 0 fully saturated rings. The smallest absolute Gasteiger partial charge is 0.264 e. The Morgan fingerprint density at radius 1 is 1.28 bits per heavy atom. The van der Waals surface area contributed by atoms with E-state index in [2.05, 4.69) is 33.9 Å². The standard InChI is InChI=1S/C11H25ClO4SSi/c1-11(2,3)18(5,6)16-10(9-12)7-8-15-17(4,13)14/h10H,7-9H2,1-6H3. The average Bonchev–Trinajstić information content (AvgIpc) is 2.12. The van der Waals surface area contributed by atoms with Crippen LogP contribution < -0.4 is 0 Å². The molecule has 0 N–H and O–H groups in total. The van der Waals surface area contributed by atoms with Gasteiger partial charge in [-0.05, 0) is 24.6 Å². The van der Waals surface area contributed by atoms with E-state index in [0.29, 0.717) is 12.3 Å². The van der Waals surface area contributed by atoms with E-state index >= 15 is 0 Å². The molecule has 0 saturated heterocycles. The highest BCUT2D eigenvalue weighted by atomic mass is 35.5. The lowest BCUT2D eigenvalue weighted by Crippen LogP contribution is -2.44. The molecule has 110 valence electrons. The van der Waals surface area contributed by atoms with E-state index in [1.165, 1.54) is 0 Å². The molecule has 0 aliphatic carbocycles. The first-order valence-electron chi connectivity index (χ1n) is 5.97. The van der Waals surface area contributed by atoms with Crippen molar-refractivity contribution in [1.82, 2.24) is 0 Å². The SMILES string of the molecule is CC(C)(C)[Si](C)(C)OC(CCl)CCOS(C)(=O)=O. The van der Waals surface area contributed by atoms with Crippen LogP contribution in [0, 0.1) is 0 Å². The molecule has 0 aromatic heterocycles. The van der Waals surface area contributed by atoms with E-state index in [-0.39, 0.29) is 17.7 Å². The van der Waals surface area contributed by atoms with Crippen molar-refractivity contribution in [2.75, 3.05) is 18.7 Å². The van der Waals surface area contributed by atoms with Gasteiger partial charge in [-0.25, -0.2) is 0 Å². The summed E-state index contributed by atoms with van der Waals surface area (Å²) in [7, 11) is -5.26. The van der Waals surface area contributed by atoms with Crippen LogP contribution in [0.5, 0.6) is 0 Å². The predicted octanol–water partition coefficient (Wildman–Crippen LogP) is 2.98. The summed E-state index contributed by atoms with van der Waals surface area (Å²) in [5.74, 6) is 0.347. The topological polar surface area (TPSA) is 52.6 Å². The number of alkyl halides is 1. The summed E-state index contributed by atoms with van der Waals surface area (Å²) in [6.45, 7) is 10.9. The lowest BCUT2D eigenvalue weighted by Gasteiger charge is -2.38. The van der Waals surface area contributed by atoms with E-state index in [4.69, 9.17) is 20.2 Å². The molecule has 18 heavy (non-hydrogen) atoms. The predicted molar refractivity (Wildman–Crippen MR) is 78.2 cm³/mol. The molecule has 0 heterocycles. The van der Waals surface area contributed by atoms with Crippen LogP contribution in [0.2, 0.25) is 18.1 Å². The Morgan fingerprint density at radius 3 is 2.11 bits per heavy atom. The summed E-state index contributed by atoms with van der Waals surface area (Å²) in [5.41, 5.74) is 0. The van der Waals surface area contributed by atoms with Gasteiger partial charge in [-0.3, -0.25) is 4.18 Å². The highest BCUT2D eigenvalue weighted by Crippen LogP contribution is 2.37. The first-order valence-corrected chi connectivity index (χ1v) is 11.2. The van der Waals surface area contributed by atoms with Crippen molar-refractivity contribution in [3.63, 3.8) is 0 Å². The Bertz CT molecular complexity index is 349. The van der Waals surface area contributed by atoms with Gasteiger partial charge in [0.05, 0.1) is 19.0 Å². The van der Waals surface area contributed by atoms with Crippen LogP contribution in [0.15, 0.2) is 0 Å². The maximum Gasteiger partial charge on any atom is 0.264 e. The third-order valence-corrected chi connectivity index (χ3v) is 8.65. The van der Waals surface area contributed by atoms with Gasteiger partial charge < -0.3 is 4.43 Å². The molecule has 0 rings (SSSR count). The quantitative estimate of drug-likeness (QED) is 0.411. The van der Waals surface area contributed by atoms with Crippen molar-refractivity contribution in [3.05, 3.63) is 0 Å². The highest BCUT2D eigenvalue weighted by Gasteiger charge is 2.38. The lowest BCUT2D eigenvalue weighted by molar-refractivity contribution is 0.166. The summed E-state index contributed by atoms with van der Waals surface area (Å²) in [6, 6.07) is 0. The number of hydrogen-bond donors (Lipinski definition) is 0. The van der Waals surface area contributed by atoms with Crippen molar-refractivity contribution in [1.29, 1.82) is 0 Å². The molecule has 0 aromatic rings. The number of hydrogen-bond acceptors (Lipinski definition) is 4. The second-order valence-corrected chi connectivity index (χ2v) is 12.7. The molecule has 0 amide bonds. The first kappa shape index (κ1) is 18.4. The Morgan fingerprint density at radius 2 is 1.78 bits per heavy atom. The zero-order valence-corrected chi connectivity index (χ0v) is 14.7. The van der Waals surface area contributed by atoms with Gasteiger partial charge in [-0.1, -0.05) is 20.8 Å². The van der Waals surface area contributed by atoms with Crippen LogP contribution in [-0.4, -0.2) is 41.6 Å².